The lowest BCUT2D eigenvalue weighted by molar-refractivity contribution is 0.410. The second-order valence-corrected chi connectivity index (χ2v) is 3.47. The molecule has 0 aromatic carbocycles. The predicted molar refractivity (Wildman–Crippen MR) is 50.9 cm³/mol. The van der Waals surface area contributed by atoms with Gasteiger partial charge in [0.1, 0.15) is 5.02 Å². The Kier molecular flexibility index (Phi) is 2.80. The molecule has 0 fully saturated rings. The maximum Gasteiger partial charge on any atom is 0.272 e. The minimum Gasteiger partial charge on any atom is -0.494 e. The van der Waals surface area contributed by atoms with E-state index >= 15 is 0 Å². The number of nitrogens with zero attached hydrogens (tertiary/aromatic N) is 1. The summed E-state index contributed by atoms with van der Waals surface area (Å²) in [5, 5.41) is 0.0920. The summed E-state index contributed by atoms with van der Waals surface area (Å²) in [5.74, 6) is 0.375. The topological polar surface area (TPSA) is 31.2 Å². The molecule has 1 aromatic heterocycles. The van der Waals surface area contributed by atoms with Crippen molar-refractivity contribution in [3.8, 4) is 5.75 Å². The van der Waals surface area contributed by atoms with E-state index < -0.39 is 0 Å². The summed E-state index contributed by atoms with van der Waals surface area (Å²) in [5.41, 5.74) is -0.267. The van der Waals surface area contributed by atoms with Crippen LogP contribution in [0.25, 0.3) is 0 Å². The van der Waals surface area contributed by atoms with E-state index in [1.807, 2.05) is 0 Å². The van der Waals surface area contributed by atoms with Gasteiger partial charge in [-0.2, -0.15) is 0 Å². The number of methoxy groups -OCH3 is 1. The van der Waals surface area contributed by atoms with Gasteiger partial charge in [-0.15, -0.1) is 0 Å². The molecule has 0 unspecified atom stereocenters. The highest BCUT2D eigenvalue weighted by atomic mass is 79.9. The fraction of sp³-hybridized carbons (Fsp3) is 0.286. The summed E-state index contributed by atoms with van der Waals surface area (Å²) >= 11 is 8.94. The van der Waals surface area contributed by atoms with Crippen LogP contribution in [0.3, 0.4) is 0 Å². The second kappa shape index (κ2) is 3.49. The molecule has 0 radical (unpaired) electrons. The van der Waals surface area contributed by atoms with Crippen molar-refractivity contribution in [2.24, 2.45) is 7.05 Å². The van der Waals surface area contributed by atoms with Gasteiger partial charge in [0.05, 0.1) is 11.6 Å². The van der Waals surface area contributed by atoms with Crippen LogP contribution in [0.5, 0.6) is 5.75 Å². The molecule has 0 aliphatic carbocycles. The summed E-state index contributed by atoms with van der Waals surface area (Å²) < 4.78 is 6.97. The largest absolute Gasteiger partial charge is 0.494 e. The highest BCUT2D eigenvalue weighted by Gasteiger charge is 2.10. The molecule has 0 bridgehead atoms. The van der Waals surface area contributed by atoms with Crippen LogP contribution < -0.4 is 10.3 Å². The van der Waals surface area contributed by atoms with Crippen LogP contribution >= 0.6 is 27.5 Å². The molecule has 0 atom stereocenters. The zero-order chi connectivity index (χ0) is 9.30. The Balaban J connectivity index is 3.52. The SMILES string of the molecule is COc1c(Br)cn(C)c(=O)c1Cl. The van der Waals surface area contributed by atoms with Gasteiger partial charge in [0.25, 0.3) is 5.56 Å². The van der Waals surface area contributed by atoms with E-state index in [0.717, 1.165) is 0 Å². The van der Waals surface area contributed by atoms with Gasteiger partial charge in [-0.1, -0.05) is 11.6 Å². The first kappa shape index (κ1) is 9.61. The van der Waals surface area contributed by atoms with Crippen LogP contribution in [0.15, 0.2) is 15.5 Å². The number of aryl methyl sites for hydroxylation is 1. The van der Waals surface area contributed by atoms with E-state index in [9.17, 15) is 4.79 Å². The van der Waals surface area contributed by atoms with Crippen molar-refractivity contribution in [2.45, 2.75) is 0 Å². The number of hydrogen-bond acceptors (Lipinski definition) is 2. The molecule has 5 heteroatoms. The van der Waals surface area contributed by atoms with Crippen LogP contribution in [0, 0.1) is 0 Å². The molecule has 0 N–H and O–H groups in total. The Hall–Kier alpha value is -0.480. The average molecular weight is 252 g/mol. The minimum absolute atomic E-state index is 0.0920. The third kappa shape index (κ3) is 1.49. The normalized spacial score (nSPS) is 10.0. The van der Waals surface area contributed by atoms with Crippen molar-refractivity contribution in [1.82, 2.24) is 4.57 Å². The number of hydrogen-bond donors (Lipinski definition) is 0. The molecule has 0 saturated heterocycles. The van der Waals surface area contributed by atoms with E-state index in [4.69, 9.17) is 16.3 Å². The maximum absolute atomic E-state index is 11.2. The summed E-state index contributed by atoms with van der Waals surface area (Å²) in [6.07, 6.45) is 1.60. The monoisotopic (exact) mass is 251 g/mol. The molecule has 66 valence electrons. The smallest absolute Gasteiger partial charge is 0.272 e. The lowest BCUT2D eigenvalue weighted by Gasteiger charge is -2.06. The number of ether oxygens (including phenoxy) is 1. The fourth-order valence-corrected chi connectivity index (χ4v) is 1.92. The van der Waals surface area contributed by atoms with Gasteiger partial charge in [-0.25, -0.2) is 0 Å². The van der Waals surface area contributed by atoms with E-state index in [1.165, 1.54) is 11.7 Å². The Morgan fingerprint density at radius 3 is 2.75 bits per heavy atom. The number of pyridine rings is 1. The number of aromatic nitrogens is 1. The van der Waals surface area contributed by atoms with E-state index in [1.54, 1.807) is 13.2 Å². The van der Waals surface area contributed by atoms with Crippen molar-refractivity contribution in [3.05, 3.63) is 26.0 Å². The molecule has 12 heavy (non-hydrogen) atoms. The first-order valence-corrected chi connectivity index (χ1v) is 4.33. The summed E-state index contributed by atoms with van der Waals surface area (Å²) in [6, 6.07) is 0. The van der Waals surface area contributed by atoms with Crippen molar-refractivity contribution >= 4 is 27.5 Å². The summed E-state index contributed by atoms with van der Waals surface area (Å²) in [4.78, 5) is 11.2. The zero-order valence-electron chi connectivity index (χ0n) is 6.60. The molecule has 0 spiro atoms. The lowest BCUT2D eigenvalue weighted by atomic mass is 10.4. The first-order valence-electron chi connectivity index (χ1n) is 3.16. The maximum atomic E-state index is 11.2. The first-order chi connectivity index (χ1) is 5.57. The third-order valence-electron chi connectivity index (χ3n) is 1.44. The van der Waals surface area contributed by atoms with Crippen molar-refractivity contribution < 1.29 is 4.74 Å². The van der Waals surface area contributed by atoms with Gasteiger partial charge < -0.3 is 9.30 Å². The standard InChI is InChI=1S/C7H7BrClNO2/c1-10-3-4(8)6(12-2)5(9)7(10)11/h3H,1-2H3. The van der Waals surface area contributed by atoms with Crippen LogP contribution in [0.1, 0.15) is 0 Å². The quantitative estimate of drug-likeness (QED) is 0.763. The molecule has 0 aliphatic heterocycles. The highest BCUT2D eigenvalue weighted by Crippen LogP contribution is 2.28. The molecule has 3 nitrogen and oxygen atoms in total. The molecular weight excluding hydrogens is 245 g/mol. The van der Waals surface area contributed by atoms with Gasteiger partial charge in [-0.05, 0) is 15.9 Å². The molecule has 1 heterocycles. The van der Waals surface area contributed by atoms with Gasteiger partial charge in [0, 0.05) is 13.2 Å². The molecule has 0 amide bonds. The number of rotatable bonds is 1. The zero-order valence-corrected chi connectivity index (χ0v) is 8.94. The summed E-state index contributed by atoms with van der Waals surface area (Å²) in [7, 11) is 3.09. The van der Waals surface area contributed by atoms with E-state index in [0.29, 0.717) is 10.2 Å². The van der Waals surface area contributed by atoms with Crippen LogP contribution in [0.2, 0.25) is 5.02 Å². The lowest BCUT2D eigenvalue weighted by Crippen LogP contribution is -2.17. The molecular formula is C7H7BrClNO2. The Labute approximate surface area is 83.0 Å². The van der Waals surface area contributed by atoms with Gasteiger partial charge in [0.15, 0.2) is 5.75 Å². The molecule has 1 rings (SSSR count). The molecule has 0 aliphatic rings. The number of halogens is 2. The molecule has 0 saturated carbocycles. The Morgan fingerprint density at radius 2 is 2.25 bits per heavy atom. The van der Waals surface area contributed by atoms with Crippen molar-refractivity contribution in [3.63, 3.8) is 0 Å². The van der Waals surface area contributed by atoms with E-state index in [2.05, 4.69) is 15.9 Å². The Morgan fingerprint density at radius 1 is 1.67 bits per heavy atom. The predicted octanol–water partition coefficient (Wildman–Crippen LogP) is 1.81. The van der Waals surface area contributed by atoms with E-state index in [-0.39, 0.29) is 10.6 Å². The molecule has 1 aromatic rings. The summed E-state index contributed by atoms with van der Waals surface area (Å²) in [6.45, 7) is 0. The minimum atomic E-state index is -0.267. The average Bonchev–Trinajstić information content (AvgIpc) is 2.01. The van der Waals surface area contributed by atoms with Crippen molar-refractivity contribution in [2.75, 3.05) is 7.11 Å². The third-order valence-corrected chi connectivity index (χ3v) is 2.33. The Bertz CT molecular complexity index is 361. The van der Waals surface area contributed by atoms with Crippen LogP contribution in [-0.2, 0) is 7.05 Å². The second-order valence-electron chi connectivity index (χ2n) is 2.24. The fourth-order valence-electron chi connectivity index (χ4n) is 0.831. The van der Waals surface area contributed by atoms with Gasteiger partial charge in [-0.3, -0.25) is 4.79 Å². The van der Waals surface area contributed by atoms with Crippen molar-refractivity contribution in [1.29, 1.82) is 0 Å². The van der Waals surface area contributed by atoms with Gasteiger partial charge >= 0.3 is 0 Å². The van der Waals surface area contributed by atoms with Crippen LogP contribution in [0.4, 0.5) is 0 Å². The van der Waals surface area contributed by atoms with Crippen LogP contribution in [-0.4, -0.2) is 11.7 Å². The van der Waals surface area contributed by atoms with Gasteiger partial charge in [0.2, 0.25) is 0 Å². The highest BCUT2D eigenvalue weighted by molar-refractivity contribution is 9.10.